The zero-order chi connectivity index (χ0) is 22.0. The molecule has 2 amide bonds. The van der Waals surface area contributed by atoms with Gasteiger partial charge in [-0.1, -0.05) is 24.8 Å². The Morgan fingerprint density at radius 1 is 1.45 bits per heavy atom. The monoisotopic (exact) mass is 431 g/mol. The van der Waals surface area contributed by atoms with Gasteiger partial charge in [0.15, 0.2) is 12.7 Å². The van der Waals surface area contributed by atoms with E-state index >= 15 is 0 Å². The van der Waals surface area contributed by atoms with Crippen LogP contribution < -0.4 is 5.32 Å². The van der Waals surface area contributed by atoms with Crippen LogP contribution in [0.15, 0.2) is 48.1 Å². The van der Waals surface area contributed by atoms with Gasteiger partial charge in [-0.25, -0.2) is 9.28 Å². The van der Waals surface area contributed by atoms with Crippen LogP contribution in [0, 0.1) is 0 Å². The molecule has 1 aliphatic heterocycles. The molecule has 2 atom stereocenters. The Kier molecular flexibility index (Phi) is 10.6. The Hall–Kier alpha value is -2.20. The zero-order valence-corrected chi connectivity index (χ0v) is 17.6. The molecule has 10 heteroatoms. The second kappa shape index (κ2) is 12.4. The van der Waals surface area contributed by atoms with Gasteiger partial charge in [0.1, 0.15) is 5.83 Å². The van der Waals surface area contributed by atoms with Gasteiger partial charge in [0.05, 0.1) is 11.3 Å². The van der Waals surface area contributed by atoms with Crippen LogP contribution in [0.1, 0.15) is 19.8 Å². The first-order valence-corrected chi connectivity index (χ1v) is 9.28. The van der Waals surface area contributed by atoms with Crippen molar-refractivity contribution in [3.8, 4) is 0 Å². The third kappa shape index (κ3) is 8.78. The average Bonchev–Trinajstić information content (AvgIpc) is 2.68. The van der Waals surface area contributed by atoms with Crippen molar-refractivity contribution in [3.05, 3.63) is 48.1 Å². The zero-order valence-electron chi connectivity index (χ0n) is 16.8. The largest absolute Gasteiger partial charge is 0.491 e. The average molecular weight is 432 g/mol. The normalized spacial score (nSPS) is 20.4. The number of carbonyl (C=O) groups excluding carboxylic acids is 2. The van der Waals surface area contributed by atoms with Crippen LogP contribution in [-0.4, -0.2) is 61.2 Å². The van der Waals surface area contributed by atoms with E-state index in [4.69, 9.17) is 26.2 Å². The molecule has 1 rings (SSSR count). The highest BCUT2D eigenvalue weighted by atomic mass is 35.5. The standard InChI is InChI=1S/C19H27ClFN3O5/c1-13(23(4)19(26)17-11-14(2)24(5)29-28-17)8-9-22-18(25)12-27-10-6-7-16(20)15(3)21/h6-7,10,14,17H,1,3,8-9,11-12H2,2,4-5H3,(H,22,25)/b10-6+,16-7+. The number of hydroxylamine groups is 2. The number of hydrogen-bond acceptors (Lipinski definition) is 6. The van der Waals surface area contributed by atoms with Gasteiger partial charge in [0.2, 0.25) is 0 Å². The van der Waals surface area contributed by atoms with E-state index < -0.39 is 11.9 Å². The van der Waals surface area contributed by atoms with Crippen LogP contribution in [0.25, 0.3) is 0 Å². The molecular weight excluding hydrogens is 405 g/mol. The van der Waals surface area contributed by atoms with Crippen molar-refractivity contribution in [2.45, 2.75) is 31.9 Å². The number of rotatable bonds is 10. The van der Waals surface area contributed by atoms with Crippen molar-refractivity contribution in [2.24, 2.45) is 0 Å². The number of amides is 2. The van der Waals surface area contributed by atoms with Gasteiger partial charge < -0.3 is 15.0 Å². The summed E-state index contributed by atoms with van der Waals surface area (Å²) >= 11 is 5.51. The van der Waals surface area contributed by atoms with Crippen molar-refractivity contribution in [3.63, 3.8) is 0 Å². The molecule has 1 fully saturated rings. The van der Waals surface area contributed by atoms with Crippen molar-refractivity contribution in [1.29, 1.82) is 0 Å². The maximum absolute atomic E-state index is 12.6. The first-order valence-electron chi connectivity index (χ1n) is 8.90. The number of carbonyl (C=O) groups is 2. The molecule has 1 aliphatic rings. The van der Waals surface area contributed by atoms with E-state index in [2.05, 4.69) is 18.5 Å². The molecule has 1 heterocycles. The van der Waals surface area contributed by atoms with Crippen molar-refractivity contribution >= 4 is 23.4 Å². The third-order valence-electron chi connectivity index (χ3n) is 4.16. The molecule has 0 aromatic carbocycles. The highest BCUT2D eigenvalue weighted by Crippen LogP contribution is 2.19. The van der Waals surface area contributed by atoms with E-state index in [1.54, 1.807) is 14.1 Å². The van der Waals surface area contributed by atoms with Gasteiger partial charge >= 0.3 is 0 Å². The fraction of sp³-hybridized carbons (Fsp3) is 0.474. The van der Waals surface area contributed by atoms with E-state index in [1.807, 2.05) is 6.92 Å². The highest BCUT2D eigenvalue weighted by Gasteiger charge is 2.33. The number of hydrogen-bond donors (Lipinski definition) is 1. The molecule has 8 nitrogen and oxygen atoms in total. The van der Waals surface area contributed by atoms with Crippen LogP contribution in [0.5, 0.6) is 0 Å². The summed E-state index contributed by atoms with van der Waals surface area (Å²) in [4.78, 5) is 35.7. The predicted octanol–water partition coefficient (Wildman–Crippen LogP) is 2.56. The molecule has 0 aromatic rings. The molecule has 1 saturated heterocycles. The summed E-state index contributed by atoms with van der Waals surface area (Å²) in [6, 6.07) is 0.0370. The lowest BCUT2D eigenvalue weighted by Gasteiger charge is -2.34. The molecule has 0 radical (unpaired) electrons. The van der Waals surface area contributed by atoms with E-state index in [1.165, 1.54) is 28.4 Å². The minimum Gasteiger partial charge on any atom is -0.491 e. The number of halogens is 2. The van der Waals surface area contributed by atoms with Crippen LogP contribution in [0.4, 0.5) is 4.39 Å². The smallest absolute Gasteiger partial charge is 0.259 e. The summed E-state index contributed by atoms with van der Waals surface area (Å²) in [5.74, 6) is -1.39. The molecule has 0 saturated carbocycles. The molecule has 0 spiro atoms. The fourth-order valence-electron chi connectivity index (χ4n) is 2.16. The third-order valence-corrected chi connectivity index (χ3v) is 4.49. The molecule has 1 N–H and O–H groups in total. The lowest BCUT2D eigenvalue weighted by molar-refractivity contribution is -0.465. The van der Waals surface area contributed by atoms with Gasteiger partial charge in [-0.15, -0.1) is 4.99 Å². The van der Waals surface area contributed by atoms with Gasteiger partial charge in [-0.2, -0.15) is 5.06 Å². The second-order valence-corrected chi connectivity index (χ2v) is 6.82. The Labute approximate surface area is 175 Å². The van der Waals surface area contributed by atoms with E-state index in [9.17, 15) is 14.0 Å². The summed E-state index contributed by atoms with van der Waals surface area (Å²) in [7, 11) is 3.32. The Morgan fingerprint density at radius 3 is 2.76 bits per heavy atom. The SMILES string of the molecule is C=C(F)/C(Cl)=C\C=C\OCC(=O)NCCC(=C)N(C)C(=O)C1CC(C)N(C)OO1. The number of allylic oxidation sites excluding steroid dienone is 4. The van der Waals surface area contributed by atoms with Gasteiger partial charge in [-0.3, -0.25) is 9.59 Å². The Balaban J connectivity index is 2.29. The molecule has 0 aromatic heterocycles. The van der Waals surface area contributed by atoms with Gasteiger partial charge in [-0.05, 0) is 19.1 Å². The summed E-state index contributed by atoms with van der Waals surface area (Å²) in [5.41, 5.74) is 0.525. The number of likely N-dealkylation sites (N-methyl/N-ethyl adjacent to an activating group) is 1. The molecule has 2 unspecified atom stereocenters. The van der Waals surface area contributed by atoms with Crippen LogP contribution in [0.2, 0.25) is 0 Å². The summed E-state index contributed by atoms with van der Waals surface area (Å²) in [6.45, 7) is 8.87. The molecule has 0 bridgehead atoms. The number of nitrogens with zero attached hydrogens (tertiary/aromatic N) is 2. The second-order valence-electron chi connectivity index (χ2n) is 6.41. The summed E-state index contributed by atoms with van der Waals surface area (Å²) < 4.78 is 17.6. The molecule has 0 aliphatic carbocycles. The Morgan fingerprint density at radius 2 is 2.14 bits per heavy atom. The van der Waals surface area contributed by atoms with Crippen molar-refractivity contribution in [2.75, 3.05) is 27.2 Å². The maximum atomic E-state index is 12.6. The lowest BCUT2D eigenvalue weighted by Crippen LogP contribution is -2.47. The number of nitrogens with one attached hydrogen (secondary N) is 1. The van der Waals surface area contributed by atoms with Gasteiger partial charge in [0, 0.05) is 45.2 Å². The van der Waals surface area contributed by atoms with E-state index in [0.29, 0.717) is 18.5 Å². The van der Waals surface area contributed by atoms with Crippen LogP contribution in [-0.2, 0) is 24.2 Å². The van der Waals surface area contributed by atoms with E-state index in [-0.39, 0.29) is 36.0 Å². The first kappa shape index (κ1) is 24.8. The van der Waals surface area contributed by atoms with Crippen LogP contribution >= 0.6 is 11.6 Å². The number of ether oxygens (including phenoxy) is 1. The summed E-state index contributed by atoms with van der Waals surface area (Å²) in [5, 5.41) is 4.02. The quantitative estimate of drug-likeness (QED) is 0.325. The first-order chi connectivity index (χ1) is 13.6. The Bertz CT molecular complexity index is 683. The minimum atomic E-state index is -0.762. The predicted molar refractivity (Wildman–Crippen MR) is 107 cm³/mol. The molecule has 162 valence electrons. The summed E-state index contributed by atoms with van der Waals surface area (Å²) in [6.07, 6.45) is 3.95. The van der Waals surface area contributed by atoms with Crippen molar-refractivity contribution in [1.82, 2.24) is 15.3 Å². The fourth-order valence-corrected chi connectivity index (χ4v) is 2.24. The topological polar surface area (TPSA) is 80.3 Å². The maximum Gasteiger partial charge on any atom is 0.259 e. The molecule has 29 heavy (non-hydrogen) atoms. The lowest BCUT2D eigenvalue weighted by atomic mass is 10.1. The molecular formula is C19H27ClFN3O5. The van der Waals surface area contributed by atoms with Gasteiger partial charge in [0.25, 0.3) is 11.8 Å². The minimum absolute atomic E-state index is 0.0370. The van der Waals surface area contributed by atoms with Crippen molar-refractivity contribution < 1.29 is 28.6 Å². The van der Waals surface area contributed by atoms with Crippen LogP contribution in [0.3, 0.4) is 0 Å². The van der Waals surface area contributed by atoms with E-state index in [0.717, 1.165) is 0 Å². The highest BCUT2D eigenvalue weighted by molar-refractivity contribution is 6.31.